The Morgan fingerprint density at radius 2 is 1.53 bits per heavy atom. The summed E-state index contributed by atoms with van der Waals surface area (Å²) in [7, 11) is -2.64. The summed E-state index contributed by atoms with van der Waals surface area (Å²) in [5, 5.41) is 15.3. The second-order valence-electron chi connectivity index (χ2n) is 16.5. The molecule has 1 aliphatic heterocycles. The predicted octanol–water partition coefficient (Wildman–Crippen LogP) is 6.65. The van der Waals surface area contributed by atoms with Gasteiger partial charge in [0, 0.05) is 36.1 Å². The fraction of sp³-hybridized carbons (Fsp3) is 0.488. The number of rotatable bonds is 10. The summed E-state index contributed by atoms with van der Waals surface area (Å²) in [5.74, 6) is 0.143. The number of aryl methyl sites for hydroxylation is 1. The second kappa shape index (κ2) is 15.2. The standard InChI is InChI=1S/C43H57N3O4Si/c1-31(2)46(41(48)38-28-37-32(3)14-13-19-39(37)44-40(38)47)29-33-22-26-45(27-23-33)30-43(49)24-20-34(21-25-43)50-51(42(4,5)6,35-15-9-7-10-16-35)36-17-11-8-12-18-36/h7-19,28,31,33-34,49H,20-27,29-30H2,1-6H3,(H,44,47)/t34-,43+. The summed E-state index contributed by atoms with van der Waals surface area (Å²) < 4.78 is 7.42. The van der Waals surface area contributed by atoms with E-state index in [0.717, 1.165) is 68.1 Å². The van der Waals surface area contributed by atoms with Gasteiger partial charge in [-0.05, 0) is 111 Å². The maximum Gasteiger partial charge on any atom is 0.261 e. The number of carbonyl (C=O) groups excluding carboxylic acids is 1. The number of benzene rings is 3. The molecule has 4 aromatic rings. The van der Waals surface area contributed by atoms with Gasteiger partial charge in [-0.3, -0.25) is 9.59 Å². The molecule has 2 heterocycles. The van der Waals surface area contributed by atoms with Crippen molar-refractivity contribution in [2.75, 3.05) is 26.2 Å². The highest BCUT2D eigenvalue weighted by atomic mass is 28.4. The first-order valence-electron chi connectivity index (χ1n) is 19.0. The first kappa shape index (κ1) is 37.2. The van der Waals surface area contributed by atoms with Gasteiger partial charge in [0.05, 0.1) is 5.60 Å². The maximum atomic E-state index is 13.8. The van der Waals surface area contributed by atoms with E-state index in [1.165, 1.54) is 10.4 Å². The Labute approximate surface area is 305 Å². The molecule has 0 unspecified atom stereocenters. The van der Waals surface area contributed by atoms with Gasteiger partial charge in [0.15, 0.2) is 0 Å². The molecule has 1 amide bonds. The highest BCUT2D eigenvalue weighted by Gasteiger charge is 2.52. The van der Waals surface area contributed by atoms with E-state index in [4.69, 9.17) is 4.43 Å². The van der Waals surface area contributed by atoms with E-state index in [0.29, 0.717) is 19.0 Å². The van der Waals surface area contributed by atoms with Crippen molar-refractivity contribution in [1.29, 1.82) is 0 Å². The Kier molecular flexibility index (Phi) is 11.1. The highest BCUT2D eigenvalue weighted by Crippen LogP contribution is 2.41. The molecule has 2 fully saturated rings. The summed E-state index contributed by atoms with van der Waals surface area (Å²) in [6, 6.07) is 29.2. The van der Waals surface area contributed by atoms with E-state index in [2.05, 4.69) is 91.3 Å². The first-order valence-corrected chi connectivity index (χ1v) is 20.9. The molecule has 1 saturated heterocycles. The van der Waals surface area contributed by atoms with Crippen LogP contribution in [0.3, 0.4) is 0 Å². The van der Waals surface area contributed by atoms with Crippen LogP contribution in [-0.2, 0) is 4.43 Å². The number of amides is 1. The Bertz CT molecular complexity index is 1800. The minimum atomic E-state index is -2.64. The SMILES string of the molecule is Cc1cccc2[nH]c(=O)c(C(=O)N(CC3CCN(C[C@]4(O)CC[C@@H](O[Si](c5ccccc5)(c5ccccc5)C(C)(C)C)CC4)CC3)C(C)C)cc12. The molecule has 2 aliphatic rings. The lowest BCUT2D eigenvalue weighted by atomic mass is 9.82. The molecule has 0 bridgehead atoms. The molecule has 3 aromatic carbocycles. The van der Waals surface area contributed by atoms with E-state index >= 15 is 0 Å². The largest absolute Gasteiger partial charge is 0.404 e. The molecule has 2 N–H and O–H groups in total. The molecule has 272 valence electrons. The number of hydrogen-bond donors (Lipinski definition) is 2. The number of aromatic nitrogens is 1. The third-order valence-electron chi connectivity index (χ3n) is 11.5. The van der Waals surface area contributed by atoms with Gasteiger partial charge in [0.1, 0.15) is 5.56 Å². The number of nitrogens with zero attached hydrogens (tertiary/aromatic N) is 2. The van der Waals surface area contributed by atoms with E-state index < -0.39 is 13.9 Å². The third kappa shape index (κ3) is 7.94. The maximum absolute atomic E-state index is 13.8. The van der Waals surface area contributed by atoms with Gasteiger partial charge in [-0.2, -0.15) is 0 Å². The molecule has 1 aliphatic carbocycles. The van der Waals surface area contributed by atoms with Crippen molar-refractivity contribution in [3.8, 4) is 0 Å². The number of likely N-dealkylation sites (tertiary alicyclic amines) is 1. The van der Waals surface area contributed by atoms with Gasteiger partial charge in [-0.25, -0.2) is 0 Å². The number of hydrogen-bond acceptors (Lipinski definition) is 5. The number of aliphatic hydroxyl groups is 1. The van der Waals surface area contributed by atoms with Crippen LogP contribution >= 0.6 is 0 Å². The average Bonchev–Trinajstić information content (AvgIpc) is 3.11. The number of β-amino-alcohol motifs (C(OH)–C–C–N with tert-alkyl or cyclic N) is 1. The lowest BCUT2D eigenvalue weighted by molar-refractivity contribution is -0.0550. The van der Waals surface area contributed by atoms with Gasteiger partial charge in [0.25, 0.3) is 19.8 Å². The zero-order valence-corrected chi connectivity index (χ0v) is 32.5. The lowest BCUT2D eigenvalue weighted by Crippen LogP contribution is -2.68. The van der Waals surface area contributed by atoms with Crippen molar-refractivity contribution < 1.29 is 14.3 Å². The number of carbonyl (C=O) groups is 1. The fourth-order valence-corrected chi connectivity index (χ4v) is 13.3. The third-order valence-corrected chi connectivity index (χ3v) is 16.6. The molecule has 51 heavy (non-hydrogen) atoms. The van der Waals surface area contributed by atoms with Crippen molar-refractivity contribution >= 4 is 35.5 Å². The van der Waals surface area contributed by atoms with Crippen LogP contribution in [-0.4, -0.2) is 78.0 Å². The van der Waals surface area contributed by atoms with E-state index in [1.54, 1.807) is 6.07 Å². The molecule has 7 nitrogen and oxygen atoms in total. The topological polar surface area (TPSA) is 85.9 Å². The minimum Gasteiger partial charge on any atom is -0.404 e. The number of H-pyrrole nitrogens is 1. The van der Waals surface area contributed by atoms with Gasteiger partial charge in [0.2, 0.25) is 0 Å². The normalized spacial score (nSPS) is 20.9. The van der Waals surface area contributed by atoms with Crippen LogP contribution in [0.1, 0.15) is 89.1 Å². The molecule has 1 aromatic heterocycles. The van der Waals surface area contributed by atoms with Gasteiger partial charge in [-0.15, -0.1) is 0 Å². The van der Waals surface area contributed by atoms with Crippen molar-refractivity contribution in [2.24, 2.45) is 5.92 Å². The number of pyridine rings is 1. The summed E-state index contributed by atoms with van der Waals surface area (Å²) >= 11 is 0. The Hall–Kier alpha value is -3.56. The minimum absolute atomic E-state index is 0.0236. The highest BCUT2D eigenvalue weighted by molar-refractivity contribution is 6.99. The van der Waals surface area contributed by atoms with Crippen LogP contribution in [0.2, 0.25) is 5.04 Å². The average molecular weight is 708 g/mol. The van der Waals surface area contributed by atoms with Crippen LogP contribution in [0.25, 0.3) is 10.9 Å². The Morgan fingerprint density at radius 1 is 0.941 bits per heavy atom. The Morgan fingerprint density at radius 3 is 2.08 bits per heavy atom. The lowest BCUT2D eigenvalue weighted by Gasteiger charge is -2.48. The molecule has 0 atom stereocenters. The van der Waals surface area contributed by atoms with Crippen molar-refractivity contribution in [3.63, 3.8) is 0 Å². The Balaban J connectivity index is 1.06. The van der Waals surface area contributed by atoms with Gasteiger partial charge >= 0.3 is 0 Å². The first-order chi connectivity index (χ1) is 24.3. The van der Waals surface area contributed by atoms with Crippen molar-refractivity contribution in [1.82, 2.24) is 14.8 Å². The van der Waals surface area contributed by atoms with Crippen LogP contribution in [0, 0.1) is 12.8 Å². The van der Waals surface area contributed by atoms with E-state index in [1.807, 2.05) is 43.9 Å². The predicted molar refractivity (Wildman–Crippen MR) is 211 cm³/mol. The summed E-state index contributed by atoms with van der Waals surface area (Å²) in [6.45, 7) is 16.1. The number of nitrogens with one attached hydrogen (secondary N) is 1. The molecule has 8 heteroatoms. The van der Waals surface area contributed by atoms with Crippen LogP contribution in [0.5, 0.6) is 0 Å². The fourth-order valence-electron chi connectivity index (χ4n) is 8.59. The zero-order chi connectivity index (χ0) is 36.4. The van der Waals surface area contributed by atoms with Crippen molar-refractivity contribution in [3.05, 3.63) is 106 Å². The molecular weight excluding hydrogens is 651 g/mol. The van der Waals surface area contributed by atoms with E-state index in [9.17, 15) is 14.7 Å². The molecule has 6 rings (SSSR count). The number of aromatic amines is 1. The van der Waals surface area contributed by atoms with Crippen LogP contribution in [0.15, 0.2) is 89.7 Å². The summed E-state index contributed by atoms with van der Waals surface area (Å²) in [4.78, 5) is 34.0. The van der Waals surface area contributed by atoms with E-state index in [-0.39, 0.29) is 34.2 Å². The van der Waals surface area contributed by atoms with Gasteiger partial charge < -0.3 is 24.3 Å². The molecule has 0 radical (unpaired) electrons. The summed E-state index contributed by atoms with van der Waals surface area (Å²) in [5.41, 5.74) is 0.927. The monoisotopic (exact) mass is 707 g/mol. The van der Waals surface area contributed by atoms with Crippen LogP contribution < -0.4 is 15.9 Å². The van der Waals surface area contributed by atoms with Gasteiger partial charge in [-0.1, -0.05) is 93.6 Å². The molecule has 1 saturated carbocycles. The smallest absolute Gasteiger partial charge is 0.261 e. The molecular formula is C43H57N3O4Si. The van der Waals surface area contributed by atoms with Crippen molar-refractivity contribution in [2.45, 2.75) is 103 Å². The van der Waals surface area contributed by atoms with Crippen LogP contribution in [0.4, 0.5) is 0 Å². The summed E-state index contributed by atoms with van der Waals surface area (Å²) in [6.07, 6.45) is 5.16. The quantitative estimate of drug-likeness (QED) is 0.181. The zero-order valence-electron chi connectivity index (χ0n) is 31.5. The number of fused-ring (bicyclic) bond motifs is 1. The second-order valence-corrected chi connectivity index (χ2v) is 20.8. The number of piperidine rings is 1. The molecule has 0 spiro atoms.